The average Bonchev–Trinajstić information content (AvgIpc) is 2.74. The minimum atomic E-state index is 0.358. The second-order valence-corrected chi connectivity index (χ2v) is 4.66. The van der Waals surface area contributed by atoms with E-state index in [2.05, 4.69) is 15.3 Å². The molecule has 2 aromatic heterocycles. The summed E-state index contributed by atoms with van der Waals surface area (Å²) in [6.07, 6.45) is 1.56. The van der Waals surface area contributed by atoms with Gasteiger partial charge in [0.1, 0.15) is 16.9 Å². The second kappa shape index (κ2) is 5.13. The number of rotatable bonds is 3. The van der Waals surface area contributed by atoms with E-state index in [0.29, 0.717) is 22.9 Å². The fraction of sp³-hybridized carbons (Fsp3) is 0.182. The van der Waals surface area contributed by atoms with E-state index in [-0.39, 0.29) is 0 Å². The third-order valence-electron chi connectivity index (χ3n) is 2.27. The van der Waals surface area contributed by atoms with Crippen LogP contribution in [0.25, 0.3) is 0 Å². The smallest absolute Gasteiger partial charge is 0.146 e. The fourth-order valence-corrected chi connectivity index (χ4v) is 2.25. The van der Waals surface area contributed by atoms with Crippen LogP contribution in [0, 0.1) is 18.3 Å². The summed E-state index contributed by atoms with van der Waals surface area (Å²) in [6.45, 7) is 2.56. The molecule has 0 aromatic carbocycles. The van der Waals surface area contributed by atoms with Crippen molar-refractivity contribution in [1.29, 1.82) is 5.26 Å². The maximum Gasteiger partial charge on any atom is 0.146 e. The first-order valence-corrected chi connectivity index (χ1v) is 6.15. The van der Waals surface area contributed by atoms with E-state index in [4.69, 9.17) is 16.9 Å². The van der Waals surface area contributed by atoms with Crippen LogP contribution in [0.2, 0.25) is 5.02 Å². The van der Waals surface area contributed by atoms with E-state index in [1.165, 1.54) is 0 Å². The van der Waals surface area contributed by atoms with Crippen LogP contribution < -0.4 is 5.32 Å². The monoisotopic (exact) mass is 264 g/mol. The standard InChI is InChI=1S/C11H9ClN4S/c1-7-9(17-6-16-7)5-15-11-10(12)8(4-13)2-3-14-11/h2-3,6H,5H2,1H3,(H,14,15). The van der Waals surface area contributed by atoms with Gasteiger partial charge in [0.15, 0.2) is 0 Å². The highest BCUT2D eigenvalue weighted by Gasteiger charge is 2.08. The molecule has 0 saturated heterocycles. The van der Waals surface area contributed by atoms with Gasteiger partial charge in [-0.2, -0.15) is 5.26 Å². The zero-order chi connectivity index (χ0) is 12.3. The lowest BCUT2D eigenvalue weighted by molar-refractivity contribution is 1.09. The predicted molar refractivity (Wildman–Crippen MR) is 68.1 cm³/mol. The van der Waals surface area contributed by atoms with Gasteiger partial charge in [-0.1, -0.05) is 11.6 Å². The molecule has 0 saturated carbocycles. The molecule has 0 spiro atoms. The Kier molecular flexibility index (Phi) is 3.57. The number of hydrogen-bond acceptors (Lipinski definition) is 5. The van der Waals surface area contributed by atoms with Crippen LogP contribution in [-0.4, -0.2) is 9.97 Å². The van der Waals surface area contributed by atoms with Crippen molar-refractivity contribution in [2.45, 2.75) is 13.5 Å². The van der Waals surface area contributed by atoms with Crippen molar-refractivity contribution in [2.24, 2.45) is 0 Å². The quantitative estimate of drug-likeness (QED) is 0.926. The van der Waals surface area contributed by atoms with Gasteiger partial charge in [0.25, 0.3) is 0 Å². The first kappa shape index (κ1) is 11.8. The molecule has 0 unspecified atom stereocenters. The number of nitriles is 1. The van der Waals surface area contributed by atoms with Crippen LogP contribution in [0.15, 0.2) is 17.8 Å². The minimum Gasteiger partial charge on any atom is -0.364 e. The van der Waals surface area contributed by atoms with Crippen LogP contribution in [0.1, 0.15) is 16.1 Å². The first-order valence-electron chi connectivity index (χ1n) is 4.90. The Labute approximate surface area is 108 Å². The van der Waals surface area contributed by atoms with Gasteiger partial charge in [0.05, 0.1) is 23.3 Å². The summed E-state index contributed by atoms with van der Waals surface area (Å²) in [7, 11) is 0. The van der Waals surface area contributed by atoms with Gasteiger partial charge >= 0.3 is 0 Å². The Hall–Kier alpha value is -1.64. The Morgan fingerprint density at radius 3 is 3.00 bits per heavy atom. The summed E-state index contributed by atoms with van der Waals surface area (Å²) in [5.74, 6) is 0.526. The van der Waals surface area contributed by atoms with Gasteiger partial charge in [-0.05, 0) is 13.0 Å². The lowest BCUT2D eigenvalue weighted by atomic mass is 10.3. The largest absolute Gasteiger partial charge is 0.364 e. The van der Waals surface area contributed by atoms with E-state index in [9.17, 15) is 0 Å². The Morgan fingerprint density at radius 2 is 2.35 bits per heavy atom. The van der Waals surface area contributed by atoms with Gasteiger partial charge in [0.2, 0.25) is 0 Å². The summed E-state index contributed by atoms with van der Waals surface area (Å²) >= 11 is 7.60. The van der Waals surface area contributed by atoms with Gasteiger partial charge in [-0.3, -0.25) is 0 Å². The third kappa shape index (κ3) is 2.54. The second-order valence-electron chi connectivity index (χ2n) is 3.35. The zero-order valence-corrected chi connectivity index (χ0v) is 10.6. The first-order chi connectivity index (χ1) is 8.22. The number of aromatic nitrogens is 2. The summed E-state index contributed by atoms with van der Waals surface area (Å²) in [5.41, 5.74) is 3.22. The Bertz CT molecular complexity index is 573. The number of halogens is 1. The fourth-order valence-electron chi connectivity index (χ4n) is 1.31. The number of hydrogen-bond donors (Lipinski definition) is 1. The molecule has 0 amide bonds. The highest BCUT2D eigenvalue weighted by molar-refractivity contribution is 7.09. The van der Waals surface area contributed by atoms with Crippen LogP contribution in [0.3, 0.4) is 0 Å². The van der Waals surface area contributed by atoms with E-state index in [1.54, 1.807) is 29.1 Å². The molecule has 0 bridgehead atoms. The van der Waals surface area contributed by atoms with E-state index < -0.39 is 0 Å². The van der Waals surface area contributed by atoms with Crippen LogP contribution in [-0.2, 0) is 6.54 Å². The molecule has 0 aliphatic carbocycles. The molecule has 0 radical (unpaired) electrons. The van der Waals surface area contributed by atoms with Gasteiger partial charge in [-0.15, -0.1) is 11.3 Å². The van der Waals surface area contributed by atoms with Crippen LogP contribution in [0.5, 0.6) is 0 Å². The summed E-state index contributed by atoms with van der Waals surface area (Å²) in [5, 5.41) is 12.3. The minimum absolute atomic E-state index is 0.358. The van der Waals surface area contributed by atoms with E-state index >= 15 is 0 Å². The number of nitrogens with zero attached hydrogens (tertiary/aromatic N) is 3. The third-order valence-corrected chi connectivity index (χ3v) is 3.59. The summed E-state index contributed by atoms with van der Waals surface area (Å²) < 4.78 is 0. The molecule has 86 valence electrons. The number of nitrogens with one attached hydrogen (secondary N) is 1. The van der Waals surface area contributed by atoms with Crippen molar-refractivity contribution in [1.82, 2.24) is 9.97 Å². The molecular weight excluding hydrogens is 256 g/mol. The molecule has 4 nitrogen and oxygen atoms in total. The Morgan fingerprint density at radius 1 is 1.53 bits per heavy atom. The van der Waals surface area contributed by atoms with Crippen molar-refractivity contribution in [3.8, 4) is 6.07 Å². The number of aryl methyl sites for hydroxylation is 1. The van der Waals surface area contributed by atoms with Gasteiger partial charge < -0.3 is 5.32 Å². The molecule has 2 heterocycles. The Balaban J connectivity index is 2.15. The molecule has 2 aromatic rings. The molecule has 0 aliphatic rings. The van der Waals surface area contributed by atoms with E-state index in [1.807, 2.05) is 13.0 Å². The number of anilines is 1. The topological polar surface area (TPSA) is 61.6 Å². The summed E-state index contributed by atoms with van der Waals surface area (Å²) in [6, 6.07) is 3.61. The van der Waals surface area contributed by atoms with Crippen molar-refractivity contribution in [3.05, 3.63) is 38.9 Å². The SMILES string of the molecule is Cc1ncsc1CNc1nccc(C#N)c1Cl. The van der Waals surface area contributed by atoms with Gasteiger partial charge in [0, 0.05) is 11.1 Å². The molecular formula is C11H9ClN4S. The number of pyridine rings is 1. The molecule has 0 aliphatic heterocycles. The predicted octanol–water partition coefficient (Wildman–Crippen LogP) is 2.98. The molecule has 0 atom stereocenters. The highest BCUT2D eigenvalue weighted by atomic mass is 35.5. The lowest BCUT2D eigenvalue weighted by Gasteiger charge is -2.06. The highest BCUT2D eigenvalue weighted by Crippen LogP contribution is 2.24. The van der Waals surface area contributed by atoms with Crippen molar-refractivity contribution in [3.63, 3.8) is 0 Å². The molecule has 0 fully saturated rings. The average molecular weight is 265 g/mol. The normalized spacial score (nSPS) is 9.94. The van der Waals surface area contributed by atoms with Crippen LogP contribution >= 0.6 is 22.9 Å². The van der Waals surface area contributed by atoms with Crippen molar-refractivity contribution in [2.75, 3.05) is 5.32 Å². The molecule has 17 heavy (non-hydrogen) atoms. The van der Waals surface area contributed by atoms with E-state index in [0.717, 1.165) is 10.6 Å². The van der Waals surface area contributed by atoms with Crippen molar-refractivity contribution >= 4 is 28.8 Å². The van der Waals surface area contributed by atoms with Crippen LogP contribution in [0.4, 0.5) is 5.82 Å². The lowest BCUT2D eigenvalue weighted by Crippen LogP contribution is -2.02. The maximum absolute atomic E-state index is 8.84. The maximum atomic E-state index is 8.84. The number of thiazole rings is 1. The molecule has 6 heteroatoms. The van der Waals surface area contributed by atoms with Crippen molar-refractivity contribution < 1.29 is 0 Å². The summed E-state index contributed by atoms with van der Waals surface area (Å²) in [4.78, 5) is 9.39. The zero-order valence-electron chi connectivity index (χ0n) is 9.07. The molecule has 1 N–H and O–H groups in total. The molecule has 2 rings (SSSR count). The van der Waals surface area contributed by atoms with Gasteiger partial charge in [-0.25, -0.2) is 9.97 Å².